The lowest BCUT2D eigenvalue weighted by atomic mass is 10.2. The molecule has 0 atom stereocenters. The fourth-order valence-corrected chi connectivity index (χ4v) is 2.20. The minimum Gasteiger partial charge on any atom is -0.496 e. The third-order valence-corrected chi connectivity index (χ3v) is 3.44. The predicted octanol–water partition coefficient (Wildman–Crippen LogP) is 4.07. The van der Waals surface area contributed by atoms with Crippen LogP contribution < -0.4 is 15.2 Å². The Bertz CT molecular complexity index is 632. The maximum atomic E-state index is 13.7. The average molecular weight is 340 g/mol. The summed E-state index contributed by atoms with van der Waals surface area (Å²) in [5, 5.41) is 0. The lowest BCUT2D eigenvalue weighted by Crippen LogP contribution is -2.01. The molecule has 0 heterocycles. The molecule has 2 rings (SSSR count). The van der Waals surface area contributed by atoms with Crippen molar-refractivity contribution in [3.8, 4) is 11.5 Å². The minimum atomic E-state index is -0.470. The summed E-state index contributed by atoms with van der Waals surface area (Å²) in [4.78, 5) is 0. The zero-order valence-corrected chi connectivity index (χ0v) is 12.8. The summed E-state index contributed by atoms with van der Waals surface area (Å²) in [5.74, 6) is 0.404. The number of benzene rings is 2. The highest BCUT2D eigenvalue weighted by Crippen LogP contribution is 2.27. The second-order valence-electron chi connectivity index (χ2n) is 4.38. The number of nitrogens with two attached hydrogens (primary N) is 1. The monoisotopic (exact) mass is 339 g/mol. The number of aryl methyl sites for hydroxylation is 1. The van der Waals surface area contributed by atoms with Crippen LogP contribution in [0.5, 0.6) is 11.5 Å². The Kier molecular flexibility index (Phi) is 4.49. The van der Waals surface area contributed by atoms with E-state index < -0.39 is 5.82 Å². The van der Waals surface area contributed by atoms with Gasteiger partial charge in [0.05, 0.1) is 7.11 Å². The zero-order chi connectivity index (χ0) is 14.7. The van der Waals surface area contributed by atoms with E-state index in [1.54, 1.807) is 20.1 Å². The fraction of sp³-hybridized carbons (Fsp3) is 0.200. The number of hydrogen-bond donors (Lipinski definition) is 1. The fourth-order valence-electron chi connectivity index (χ4n) is 1.80. The molecule has 0 unspecified atom stereocenters. The van der Waals surface area contributed by atoms with Gasteiger partial charge in [-0.05, 0) is 36.8 Å². The number of nitrogen functional groups attached to an aromatic ring is 1. The largest absolute Gasteiger partial charge is 0.496 e. The molecule has 0 aliphatic carbocycles. The van der Waals surface area contributed by atoms with Crippen molar-refractivity contribution in [3.63, 3.8) is 0 Å². The van der Waals surface area contributed by atoms with Gasteiger partial charge < -0.3 is 15.2 Å². The van der Waals surface area contributed by atoms with Gasteiger partial charge in [0.25, 0.3) is 0 Å². The number of rotatable bonds is 4. The van der Waals surface area contributed by atoms with E-state index in [-0.39, 0.29) is 12.4 Å². The van der Waals surface area contributed by atoms with Crippen LogP contribution in [0.1, 0.15) is 11.1 Å². The van der Waals surface area contributed by atoms with Gasteiger partial charge in [-0.25, -0.2) is 4.39 Å². The molecule has 20 heavy (non-hydrogen) atoms. The predicted molar refractivity (Wildman–Crippen MR) is 80.6 cm³/mol. The Balaban J connectivity index is 2.21. The third-order valence-electron chi connectivity index (χ3n) is 2.95. The smallest absolute Gasteiger partial charge is 0.167 e. The van der Waals surface area contributed by atoms with Gasteiger partial charge in [-0.15, -0.1) is 0 Å². The third kappa shape index (κ3) is 3.22. The van der Waals surface area contributed by atoms with Crippen LogP contribution in [0, 0.1) is 12.7 Å². The van der Waals surface area contributed by atoms with E-state index >= 15 is 0 Å². The molecule has 2 N–H and O–H groups in total. The Morgan fingerprint density at radius 2 is 1.95 bits per heavy atom. The molecule has 0 aliphatic rings. The SMILES string of the molecule is COc1ccc(Br)cc1COc1cc(C)c(N)cc1F. The first kappa shape index (κ1) is 14.7. The molecule has 0 aliphatic heterocycles. The van der Waals surface area contributed by atoms with Crippen LogP contribution >= 0.6 is 15.9 Å². The molecule has 106 valence electrons. The first-order chi connectivity index (χ1) is 9.51. The van der Waals surface area contributed by atoms with Crippen molar-refractivity contribution in [2.45, 2.75) is 13.5 Å². The first-order valence-corrected chi connectivity index (χ1v) is 6.81. The van der Waals surface area contributed by atoms with E-state index in [1.807, 2.05) is 18.2 Å². The molecule has 5 heteroatoms. The topological polar surface area (TPSA) is 44.5 Å². The van der Waals surface area contributed by atoms with Gasteiger partial charge >= 0.3 is 0 Å². The highest BCUT2D eigenvalue weighted by atomic mass is 79.9. The zero-order valence-electron chi connectivity index (χ0n) is 11.2. The normalized spacial score (nSPS) is 10.4. The van der Waals surface area contributed by atoms with Gasteiger partial charge in [0.15, 0.2) is 11.6 Å². The maximum Gasteiger partial charge on any atom is 0.167 e. The molecule has 0 saturated carbocycles. The highest BCUT2D eigenvalue weighted by Gasteiger charge is 2.09. The van der Waals surface area contributed by atoms with E-state index in [0.29, 0.717) is 11.4 Å². The lowest BCUT2D eigenvalue weighted by molar-refractivity contribution is 0.282. The summed E-state index contributed by atoms with van der Waals surface area (Å²) in [6.45, 7) is 2.02. The summed E-state index contributed by atoms with van der Waals surface area (Å²) in [5.41, 5.74) is 7.66. The number of hydrogen-bond acceptors (Lipinski definition) is 3. The molecular weight excluding hydrogens is 325 g/mol. The molecule has 0 aromatic heterocycles. The average Bonchev–Trinajstić information content (AvgIpc) is 2.41. The number of anilines is 1. The highest BCUT2D eigenvalue weighted by molar-refractivity contribution is 9.10. The second kappa shape index (κ2) is 6.13. The number of ether oxygens (including phenoxy) is 2. The summed E-state index contributed by atoms with van der Waals surface area (Å²) in [6, 6.07) is 8.43. The van der Waals surface area contributed by atoms with Gasteiger partial charge in [-0.2, -0.15) is 0 Å². The minimum absolute atomic E-state index is 0.179. The van der Waals surface area contributed by atoms with Gasteiger partial charge in [-0.1, -0.05) is 15.9 Å². The van der Waals surface area contributed by atoms with Crippen LogP contribution in [0.4, 0.5) is 10.1 Å². The molecule has 0 saturated heterocycles. The van der Waals surface area contributed by atoms with E-state index in [0.717, 1.165) is 15.6 Å². The quantitative estimate of drug-likeness (QED) is 0.854. The second-order valence-corrected chi connectivity index (χ2v) is 5.30. The van der Waals surface area contributed by atoms with Crippen molar-refractivity contribution >= 4 is 21.6 Å². The van der Waals surface area contributed by atoms with Crippen molar-refractivity contribution < 1.29 is 13.9 Å². The van der Waals surface area contributed by atoms with Gasteiger partial charge in [0.2, 0.25) is 0 Å². The Hall–Kier alpha value is -1.75. The van der Waals surface area contributed by atoms with Crippen molar-refractivity contribution in [1.29, 1.82) is 0 Å². The van der Waals surface area contributed by atoms with Crippen LogP contribution in [-0.2, 0) is 6.61 Å². The van der Waals surface area contributed by atoms with Crippen molar-refractivity contribution in [2.24, 2.45) is 0 Å². The summed E-state index contributed by atoms with van der Waals surface area (Å²) >= 11 is 3.39. The van der Waals surface area contributed by atoms with Crippen LogP contribution in [0.25, 0.3) is 0 Å². The van der Waals surface area contributed by atoms with Crippen molar-refractivity contribution in [1.82, 2.24) is 0 Å². The van der Waals surface area contributed by atoms with Gasteiger partial charge in [0.1, 0.15) is 12.4 Å². The van der Waals surface area contributed by atoms with E-state index in [1.165, 1.54) is 6.07 Å². The maximum absolute atomic E-state index is 13.7. The van der Waals surface area contributed by atoms with Crippen molar-refractivity contribution in [2.75, 3.05) is 12.8 Å². The van der Waals surface area contributed by atoms with Gasteiger partial charge in [-0.3, -0.25) is 0 Å². The standard InChI is InChI=1S/C15H15BrFNO2/c1-9-5-15(12(17)7-13(9)18)20-8-10-6-11(16)3-4-14(10)19-2/h3-7H,8,18H2,1-2H3. The molecule has 2 aromatic carbocycles. The van der Waals surface area contributed by atoms with Crippen LogP contribution in [-0.4, -0.2) is 7.11 Å². The molecule has 3 nitrogen and oxygen atoms in total. The molecule has 0 spiro atoms. The van der Waals surface area contributed by atoms with Gasteiger partial charge in [0, 0.05) is 21.8 Å². The molecule has 0 radical (unpaired) electrons. The molecule has 2 aromatic rings. The number of halogens is 2. The first-order valence-electron chi connectivity index (χ1n) is 6.02. The molecule has 0 bridgehead atoms. The number of methoxy groups -OCH3 is 1. The Morgan fingerprint density at radius 1 is 1.20 bits per heavy atom. The Labute approximate surface area is 125 Å². The lowest BCUT2D eigenvalue weighted by Gasteiger charge is -2.12. The summed E-state index contributed by atoms with van der Waals surface area (Å²) in [6.07, 6.45) is 0. The van der Waals surface area contributed by atoms with Crippen LogP contribution in [0.3, 0.4) is 0 Å². The summed E-state index contributed by atoms with van der Waals surface area (Å²) < 4.78 is 25.4. The van der Waals surface area contributed by atoms with E-state index in [9.17, 15) is 4.39 Å². The van der Waals surface area contributed by atoms with E-state index in [4.69, 9.17) is 15.2 Å². The Morgan fingerprint density at radius 3 is 2.65 bits per heavy atom. The molecule has 0 fully saturated rings. The van der Waals surface area contributed by atoms with Crippen molar-refractivity contribution in [3.05, 3.63) is 51.7 Å². The van der Waals surface area contributed by atoms with Crippen LogP contribution in [0.15, 0.2) is 34.8 Å². The van der Waals surface area contributed by atoms with Crippen LogP contribution in [0.2, 0.25) is 0 Å². The van der Waals surface area contributed by atoms with E-state index in [2.05, 4.69) is 15.9 Å². The molecule has 0 amide bonds. The summed E-state index contributed by atoms with van der Waals surface area (Å²) in [7, 11) is 1.58. The molecular formula is C15H15BrFNO2.